The molecule has 6 nitrogen and oxygen atoms in total. The topological polar surface area (TPSA) is 110 Å². The Kier molecular flexibility index (Phi) is 5.55. The van der Waals surface area contributed by atoms with Crippen LogP contribution < -0.4 is 0 Å². The lowest BCUT2D eigenvalue weighted by atomic mass is 9.93. The largest absolute Gasteiger partial charge is 0.750 e. The van der Waals surface area contributed by atoms with Crippen LogP contribution in [0.5, 0.6) is 0 Å². The van der Waals surface area contributed by atoms with Gasteiger partial charge < -0.3 is 19.9 Å². The molecular weight excluding hydrogens is 188 g/mol. The van der Waals surface area contributed by atoms with Crippen LogP contribution in [-0.4, -0.2) is 50.5 Å². The van der Waals surface area contributed by atoms with Gasteiger partial charge in [-0.3, -0.25) is 4.18 Å². The van der Waals surface area contributed by atoms with Crippen LogP contribution >= 0.6 is 0 Å². The molecule has 74 valence electrons. The van der Waals surface area contributed by atoms with E-state index >= 15 is 0 Å². The van der Waals surface area contributed by atoms with Crippen molar-refractivity contribution in [1.29, 1.82) is 0 Å². The average Bonchev–Trinajstić information content (AvgIpc) is 2.08. The van der Waals surface area contributed by atoms with E-state index < -0.39 is 43.2 Å². The Bertz CT molecular complexity index is 137. The molecule has 0 spiro atoms. The zero-order valence-corrected chi connectivity index (χ0v) is 7.12. The van der Waals surface area contributed by atoms with Crippen molar-refractivity contribution in [2.24, 2.45) is 5.41 Å². The number of rotatable bonds is 6. The lowest BCUT2D eigenvalue weighted by Gasteiger charge is -2.26. The standard InChI is InChI=1S/C5H12O6S/c6-1-5(2-7,3-8)4-11-12(9)10/h6-8H,1-4H2,(H,9,10)/p-1. The summed E-state index contributed by atoms with van der Waals surface area (Å²) < 4.78 is 24.0. The zero-order chi connectivity index (χ0) is 9.61. The van der Waals surface area contributed by atoms with Gasteiger partial charge in [0.25, 0.3) is 0 Å². The normalized spacial score (nSPS) is 14.7. The Morgan fingerprint density at radius 3 is 1.92 bits per heavy atom. The minimum Gasteiger partial charge on any atom is -0.750 e. The molecule has 0 aliphatic heterocycles. The second kappa shape index (κ2) is 5.57. The molecule has 0 aromatic carbocycles. The van der Waals surface area contributed by atoms with Gasteiger partial charge in [-0.2, -0.15) is 0 Å². The minimum absolute atomic E-state index is 0.438. The van der Waals surface area contributed by atoms with Gasteiger partial charge in [0.05, 0.1) is 43.2 Å². The van der Waals surface area contributed by atoms with Crippen molar-refractivity contribution in [3.8, 4) is 0 Å². The van der Waals surface area contributed by atoms with Gasteiger partial charge in [0.15, 0.2) is 0 Å². The molecule has 1 unspecified atom stereocenters. The van der Waals surface area contributed by atoms with Gasteiger partial charge >= 0.3 is 0 Å². The fraction of sp³-hybridized carbons (Fsp3) is 1.00. The molecule has 0 heterocycles. The first-order chi connectivity index (χ1) is 5.60. The van der Waals surface area contributed by atoms with Gasteiger partial charge in [-0.1, -0.05) is 0 Å². The van der Waals surface area contributed by atoms with Crippen molar-refractivity contribution in [3.05, 3.63) is 0 Å². The average molecular weight is 199 g/mol. The first-order valence-corrected chi connectivity index (χ1v) is 4.15. The van der Waals surface area contributed by atoms with E-state index in [2.05, 4.69) is 4.18 Å². The molecule has 0 aromatic rings. The summed E-state index contributed by atoms with van der Waals surface area (Å²) in [5.74, 6) is 0. The molecule has 0 rings (SSSR count). The molecule has 0 radical (unpaired) electrons. The first-order valence-electron chi connectivity index (χ1n) is 3.15. The van der Waals surface area contributed by atoms with E-state index in [9.17, 15) is 8.76 Å². The van der Waals surface area contributed by atoms with Crippen molar-refractivity contribution in [1.82, 2.24) is 0 Å². The van der Waals surface area contributed by atoms with Gasteiger partial charge in [0, 0.05) is 0 Å². The first kappa shape index (κ1) is 11.9. The van der Waals surface area contributed by atoms with Crippen molar-refractivity contribution in [2.45, 2.75) is 0 Å². The van der Waals surface area contributed by atoms with Crippen LogP contribution in [0.3, 0.4) is 0 Å². The third-order valence-electron chi connectivity index (χ3n) is 1.47. The summed E-state index contributed by atoms with van der Waals surface area (Å²) >= 11 is -2.70. The van der Waals surface area contributed by atoms with Crippen LogP contribution in [0.2, 0.25) is 0 Å². The number of aliphatic hydroxyl groups is 3. The summed E-state index contributed by atoms with van der Waals surface area (Å²) in [5, 5.41) is 26.1. The highest BCUT2D eigenvalue weighted by Gasteiger charge is 2.28. The SMILES string of the molecule is O=S([O-])OCC(CO)(CO)CO. The Balaban J connectivity index is 4.01. The Hall–Kier alpha value is -0.0500. The molecule has 3 N–H and O–H groups in total. The van der Waals surface area contributed by atoms with Gasteiger partial charge in [-0.15, -0.1) is 0 Å². The van der Waals surface area contributed by atoms with Crippen LogP contribution in [0.1, 0.15) is 0 Å². The zero-order valence-electron chi connectivity index (χ0n) is 6.30. The number of hydrogen-bond acceptors (Lipinski definition) is 6. The van der Waals surface area contributed by atoms with Crippen LogP contribution in [0.15, 0.2) is 0 Å². The molecule has 7 heteroatoms. The number of aliphatic hydroxyl groups excluding tert-OH is 3. The molecule has 0 aliphatic rings. The molecule has 0 saturated heterocycles. The van der Waals surface area contributed by atoms with Gasteiger partial charge in [-0.05, 0) is 0 Å². The van der Waals surface area contributed by atoms with Crippen molar-refractivity contribution >= 4 is 11.4 Å². The van der Waals surface area contributed by atoms with Crippen LogP contribution in [-0.2, 0) is 15.5 Å². The second-order valence-corrected chi connectivity index (χ2v) is 3.08. The predicted octanol–water partition coefficient (Wildman–Crippen LogP) is -2.24. The van der Waals surface area contributed by atoms with Crippen molar-refractivity contribution in [2.75, 3.05) is 26.4 Å². The fourth-order valence-corrected chi connectivity index (χ4v) is 0.806. The smallest absolute Gasteiger partial charge is 0.0842 e. The molecule has 0 amide bonds. The molecule has 0 bridgehead atoms. The number of hydrogen-bond donors (Lipinski definition) is 3. The Morgan fingerprint density at radius 1 is 1.25 bits per heavy atom. The maximum atomic E-state index is 9.93. The lowest BCUT2D eigenvalue weighted by molar-refractivity contribution is -0.0247. The highest BCUT2D eigenvalue weighted by atomic mass is 32.2. The van der Waals surface area contributed by atoms with E-state index in [1.165, 1.54) is 0 Å². The molecule has 0 aromatic heterocycles. The monoisotopic (exact) mass is 199 g/mol. The third kappa shape index (κ3) is 3.57. The van der Waals surface area contributed by atoms with Gasteiger partial charge in [0.2, 0.25) is 0 Å². The fourth-order valence-electron chi connectivity index (χ4n) is 0.460. The Morgan fingerprint density at radius 2 is 1.67 bits per heavy atom. The summed E-state index contributed by atoms with van der Waals surface area (Å²) in [6, 6.07) is 0. The lowest BCUT2D eigenvalue weighted by Crippen LogP contribution is -2.38. The van der Waals surface area contributed by atoms with Crippen LogP contribution in [0.25, 0.3) is 0 Å². The summed E-state index contributed by atoms with van der Waals surface area (Å²) in [6.07, 6.45) is 0. The van der Waals surface area contributed by atoms with E-state index in [4.69, 9.17) is 15.3 Å². The van der Waals surface area contributed by atoms with Crippen LogP contribution in [0, 0.1) is 5.41 Å². The van der Waals surface area contributed by atoms with E-state index in [1.54, 1.807) is 0 Å². The van der Waals surface area contributed by atoms with E-state index in [1.807, 2.05) is 0 Å². The van der Waals surface area contributed by atoms with Crippen molar-refractivity contribution in [3.63, 3.8) is 0 Å². The molecule has 0 fully saturated rings. The maximum Gasteiger partial charge on any atom is 0.0842 e. The summed E-state index contributed by atoms with van der Waals surface area (Å²) in [5.41, 5.74) is -1.29. The van der Waals surface area contributed by atoms with Crippen molar-refractivity contribution < 1.29 is 28.3 Å². The molecule has 1 atom stereocenters. The Labute approximate surface area is 72.3 Å². The third-order valence-corrected chi connectivity index (χ3v) is 1.78. The molecular formula is C5H11O6S-. The van der Waals surface area contributed by atoms with E-state index in [0.29, 0.717) is 0 Å². The molecule has 0 aliphatic carbocycles. The van der Waals surface area contributed by atoms with Gasteiger partial charge in [-0.25, -0.2) is 4.21 Å². The summed E-state index contributed by atoms with van der Waals surface area (Å²) in [6.45, 7) is -2.07. The summed E-state index contributed by atoms with van der Waals surface area (Å²) in [7, 11) is 0. The molecule has 12 heavy (non-hydrogen) atoms. The predicted molar refractivity (Wildman–Crippen MR) is 38.6 cm³/mol. The second-order valence-electron chi connectivity index (χ2n) is 2.44. The molecule has 0 saturated carbocycles. The van der Waals surface area contributed by atoms with E-state index in [0.717, 1.165) is 0 Å². The maximum absolute atomic E-state index is 9.93. The summed E-state index contributed by atoms with van der Waals surface area (Å²) in [4.78, 5) is 0. The van der Waals surface area contributed by atoms with E-state index in [-0.39, 0.29) is 0 Å². The quantitative estimate of drug-likeness (QED) is 0.417. The highest BCUT2D eigenvalue weighted by Crippen LogP contribution is 2.15. The highest BCUT2D eigenvalue weighted by molar-refractivity contribution is 7.74. The minimum atomic E-state index is -2.70. The van der Waals surface area contributed by atoms with Crippen LogP contribution in [0.4, 0.5) is 0 Å². The van der Waals surface area contributed by atoms with Gasteiger partial charge in [0.1, 0.15) is 0 Å².